The number of rotatable bonds is 3. The molecule has 0 saturated heterocycles. The molecule has 0 aliphatic rings. The van der Waals surface area contributed by atoms with E-state index in [0.29, 0.717) is 22.8 Å². The molecule has 1 heterocycles. The second-order valence-electron chi connectivity index (χ2n) is 3.69. The summed E-state index contributed by atoms with van der Waals surface area (Å²) >= 11 is 10.8. The number of hydrogen-bond donors (Lipinski definition) is 2. The van der Waals surface area contributed by atoms with E-state index < -0.39 is 0 Å². The summed E-state index contributed by atoms with van der Waals surface area (Å²) in [5, 5.41) is 5.25. The van der Waals surface area contributed by atoms with Gasteiger partial charge >= 0.3 is 0 Å². The summed E-state index contributed by atoms with van der Waals surface area (Å²) in [4.78, 5) is 13.0. The minimum absolute atomic E-state index is 0.186. The number of carbonyl (C=O) groups excluding carboxylic acids is 1. The highest BCUT2D eigenvalue weighted by Gasteiger charge is 2.08. The summed E-state index contributed by atoms with van der Waals surface area (Å²) in [6.45, 7) is 0.488. The van der Waals surface area contributed by atoms with E-state index in [1.807, 2.05) is 11.4 Å². The lowest BCUT2D eigenvalue weighted by molar-refractivity contribution is 0.0951. The molecule has 0 aliphatic heterocycles. The quantitative estimate of drug-likeness (QED) is 0.834. The average Bonchev–Trinajstić information content (AvgIpc) is 2.70. The highest BCUT2D eigenvalue weighted by atomic mass is 79.9. The topological polar surface area (TPSA) is 55.1 Å². The maximum atomic E-state index is 11.9. The van der Waals surface area contributed by atoms with Crippen molar-refractivity contribution in [1.29, 1.82) is 0 Å². The zero-order chi connectivity index (χ0) is 13.1. The van der Waals surface area contributed by atoms with Crippen LogP contribution in [0.4, 0.5) is 5.69 Å². The molecule has 3 N–H and O–H groups in total. The first kappa shape index (κ1) is 13.4. The largest absolute Gasteiger partial charge is 0.399 e. The number of hydrogen-bond acceptors (Lipinski definition) is 3. The molecule has 0 radical (unpaired) electrons. The van der Waals surface area contributed by atoms with Crippen molar-refractivity contribution in [1.82, 2.24) is 5.32 Å². The van der Waals surface area contributed by atoms with Crippen molar-refractivity contribution in [3.05, 3.63) is 49.6 Å². The Morgan fingerprint density at radius 1 is 1.39 bits per heavy atom. The third-order valence-corrected chi connectivity index (χ3v) is 4.14. The molecule has 6 heteroatoms. The summed E-state index contributed by atoms with van der Waals surface area (Å²) in [7, 11) is 0. The van der Waals surface area contributed by atoms with Crippen LogP contribution in [0.1, 0.15) is 15.2 Å². The third kappa shape index (κ3) is 3.48. The maximum Gasteiger partial charge on any atom is 0.251 e. The van der Waals surface area contributed by atoms with Crippen molar-refractivity contribution in [3.8, 4) is 0 Å². The lowest BCUT2D eigenvalue weighted by Gasteiger charge is -2.05. The maximum absolute atomic E-state index is 11.9. The molecule has 0 unspecified atom stereocenters. The van der Waals surface area contributed by atoms with Gasteiger partial charge in [-0.3, -0.25) is 4.79 Å². The Morgan fingerprint density at radius 3 is 2.78 bits per heavy atom. The highest BCUT2D eigenvalue weighted by Crippen LogP contribution is 2.20. The molecule has 0 atom stereocenters. The van der Waals surface area contributed by atoms with E-state index >= 15 is 0 Å². The van der Waals surface area contributed by atoms with Crippen LogP contribution in [0.25, 0.3) is 0 Å². The van der Waals surface area contributed by atoms with E-state index in [9.17, 15) is 4.79 Å². The fourth-order valence-electron chi connectivity index (χ4n) is 1.46. The second-order valence-corrected chi connectivity index (χ2v) is 6.04. The molecule has 0 fully saturated rings. The van der Waals surface area contributed by atoms with Gasteiger partial charge < -0.3 is 11.1 Å². The van der Waals surface area contributed by atoms with E-state index in [0.717, 1.165) is 9.35 Å². The molecule has 94 valence electrons. The number of anilines is 1. The Balaban J connectivity index is 2.03. The monoisotopic (exact) mass is 344 g/mol. The first-order valence-corrected chi connectivity index (χ1v) is 7.17. The average molecular weight is 346 g/mol. The SMILES string of the molecule is Nc1cc(Cl)cc(C(=O)NCc2cc(Br)cs2)c1. The van der Waals surface area contributed by atoms with Crippen LogP contribution >= 0.6 is 38.9 Å². The van der Waals surface area contributed by atoms with Gasteiger partial charge in [0.25, 0.3) is 5.91 Å². The van der Waals surface area contributed by atoms with Crippen molar-refractivity contribution < 1.29 is 4.79 Å². The lowest BCUT2D eigenvalue weighted by Crippen LogP contribution is -2.22. The van der Waals surface area contributed by atoms with E-state index in [1.54, 1.807) is 29.5 Å². The number of benzene rings is 1. The number of nitrogen functional groups attached to an aromatic ring is 1. The van der Waals surface area contributed by atoms with Crippen molar-refractivity contribution >= 4 is 50.5 Å². The zero-order valence-electron chi connectivity index (χ0n) is 9.24. The number of thiophene rings is 1. The van der Waals surface area contributed by atoms with Gasteiger partial charge in [0, 0.05) is 31.0 Å². The minimum atomic E-state index is -0.186. The summed E-state index contributed by atoms with van der Waals surface area (Å²) in [6.07, 6.45) is 0. The number of carbonyl (C=O) groups is 1. The molecular formula is C12H10BrClN2OS. The van der Waals surface area contributed by atoms with Crippen LogP contribution in [0.15, 0.2) is 34.1 Å². The van der Waals surface area contributed by atoms with Crippen LogP contribution in [-0.2, 0) is 6.54 Å². The fourth-order valence-corrected chi connectivity index (χ4v) is 3.09. The smallest absolute Gasteiger partial charge is 0.251 e. The third-order valence-electron chi connectivity index (χ3n) is 2.23. The Kier molecular flexibility index (Phi) is 4.27. The Morgan fingerprint density at radius 2 is 2.17 bits per heavy atom. The summed E-state index contributed by atoms with van der Waals surface area (Å²) < 4.78 is 1.02. The van der Waals surface area contributed by atoms with Crippen molar-refractivity contribution in [2.24, 2.45) is 0 Å². The van der Waals surface area contributed by atoms with Crippen LogP contribution in [0.5, 0.6) is 0 Å². The Bertz CT molecular complexity index is 565. The van der Waals surface area contributed by atoms with Crippen LogP contribution in [0, 0.1) is 0 Å². The molecule has 1 aromatic heterocycles. The first-order chi connectivity index (χ1) is 8.54. The molecule has 3 nitrogen and oxygen atoms in total. The zero-order valence-corrected chi connectivity index (χ0v) is 12.4. The van der Waals surface area contributed by atoms with Crippen molar-refractivity contribution in [2.75, 3.05) is 5.73 Å². The molecule has 18 heavy (non-hydrogen) atoms. The fraction of sp³-hybridized carbons (Fsp3) is 0.0833. The minimum Gasteiger partial charge on any atom is -0.399 e. The van der Waals surface area contributed by atoms with Gasteiger partial charge in [0.2, 0.25) is 0 Å². The predicted molar refractivity (Wildman–Crippen MR) is 79.1 cm³/mol. The molecule has 0 bridgehead atoms. The van der Waals surface area contributed by atoms with Gasteiger partial charge in [0.15, 0.2) is 0 Å². The number of nitrogens with two attached hydrogens (primary N) is 1. The van der Waals surface area contributed by atoms with E-state index in [4.69, 9.17) is 17.3 Å². The van der Waals surface area contributed by atoms with Gasteiger partial charge in [-0.2, -0.15) is 0 Å². The Hall–Kier alpha value is -1.04. The predicted octanol–water partition coefficient (Wildman–Crippen LogP) is 3.68. The van der Waals surface area contributed by atoms with Crippen LogP contribution in [-0.4, -0.2) is 5.91 Å². The van der Waals surface area contributed by atoms with Crippen molar-refractivity contribution in [3.63, 3.8) is 0 Å². The molecule has 0 saturated carbocycles. The standard InChI is InChI=1S/C12H10BrClN2OS/c13-8-3-11(18-6-8)5-16-12(17)7-1-9(14)4-10(15)2-7/h1-4,6H,5,15H2,(H,16,17). The van der Waals surface area contributed by atoms with Crippen LogP contribution in [0.2, 0.25) is 5.02 Å². The van der Waals surface area contributed by atoms with E-state index in [-0.39, 0.29) is 5.91 Å². The van der Waals surface area contributed by atoms with Crippen LogP contribution < -0.4 is 11.1 Å². The summed E-state index contributed by atoms with van der Waals surface area (Å²) in [5.41, 5.74) is 6.59. The van der Waals surface area contributed by atoms with Crippen LogP contribution in [0.3, 0.4) is 0 Å². The molecule has 0 spiro atoms. The molecule has 1 amide bonds. The first-order valence-electron chi connectivity index (χ1n) is 5.12. The van der Waals surface area contributed by atoms with Gasteiger partial charge in [-0.25, -0.2) is 0 Å². The summed E-state index contributed by atoms with van der Waals surface area (Å²) in [6, 6.07) is 6.77. The van der Waals surface area contributed by atoms with Gasteiger partial charge in [-0.1, -0.05) is 11.6 Å². The molecule has 0 aliphatic carbocycles. The van der Waals surface area contributed by atoms with E-state index in [1.165, 1.54) is 0 Å². The van der Waals surface area contributed by atoms with Gasteiger partial charge in [-0.05, 0) is 40.2 Å². The molecule has 1 aromatic carbocycles. The number of halogens is 2. The Labute approximate surface area is 122 Å². The highest BCUT2D eigenvalue weighted by molar-refractivity contribution is 9.10. The van der Waals surface area contributed by atoms with Gasteiger partial charge in [-0.15, -0.1) is 11.3 Å². The normalized spacial score (nSPS) is 10.3. The molecular weight excluding hydrogens is 336 g/mol. The summed E-state index contributed by atoms with van der Waals surface area (Å²) in [5.74, 6) is -0.186. The number of nitrogens with one attached hydrogen (secondary N) is 1. The molecule has 2 aromatic rings. The second kappa shape index (κ2) is 5.73. The lowest BCUT2D eigenvalue weighted by atomic mass is 10.2. The van der Waals surface area contributed by atoms with Gasteiger partial charge in [0.1, 0.15) is 0 Å². The number of amides is 1. The molecule has 2 rings (SSSR count). The van der Waals surface area contributed by atoms with Crippen molar-refractivity contribution in [2.45, 2.75) is 6.54 Å². The van der Waals surface area contributed by atoms with Gasteiger partial charge in [0.05, 0.1) is 6.54 Å². The van der Waals surface area contributed by atoms with E-state index in [2.05, 4.69) is 21.2 Å².